The van der Waals surface area contributed by atoms with E-state index in [1.165, 1.54) is 22.4 Å². The summed E-state index contributed by atoms with van der Waals surface area (Å²) in [6.45, 7) is 6.41. The molecule has 2 heterocycles. The van der Waals surface area contributed by atoms with Crippen molar-refractivity contribution in [2.24, 2.45) is 5.73 Å². The Morgan fingerprint density at radius 2 is 2.00 bits per heavy atom. The molecule has 1 saturated heterocycles. The van der Waals surface area contributed by atoms with Gasteiger partial charge in [-0.2, -0.15) is 11.3 Å². The van der Waals surface area contributed by atoms with E-state index in [1.54, 1.807) is 11.3 Å². The van der Waals surface area contributed by atoms with Gasteiger partial charge in [0.2, 0.25) is 0 Å². The highest BCUT2D eigenvalue weighted by Crippen LogP contribution is 2.31. The number of hydrogen-bond donors (Lipinski definition) is 1. The molecule has 0 bridgehead atoms. The highest BCUT2D eigenvalue weighted by molar-refractivity contribution is 7.08. The fourth-order valence-electron chi connectivity index (χ4n) is 3.05. The maximum atomic E-state index is 6.29. The number of rotatable bonds is 2. The second-order valence-electron chi connectivity index (χ2n) is 5.92. The van der Waals surface area contributed by atoms with Crippen LogP contribution in [0.5, 0.6) is 0 Å². The lowest BCUT2D eigenvalue weighted by Gasteiger charge is -2.37. The van der Waals surface area contributed by atoms with Gasteiger partial charge >= 0.3 is 0 Å². The monoisotopic (exact) mass is 286 g/mol. The van der Waals surface area contributed by atoms with Crippen LogP contribution in [0.4, 0.5) is 5.69 Å². The fraction of sp³-hybridized carbons (Fsp3) is 0.412. The molecule has 2 atom stereocenters. The molecule has 0 saturated carbocycles. The van der Waals surface area contributed by atoms with E-state index in [4.69, 9.17) is 5.73 Å². The van der Waals surface area contributed by atoms with Crippen molar-refractivity contribution in [3.05, 3.63) is 51.7 Å². The normalized spacial score (nSPS) is 23.1. The van der Waals surface area contributed by atoms with Gasteiger partial charge in [0.05, 0.1) is 0 Å². The van der Waals surface area contributed by atoms with Crippen molar-refractivity contribution < 1.29 is 0 Å². The van der Waals surface area contributed by atoms with Crippen LogP contribution in [0.15, 0.2) is 35.0 Å². The Kier molecular flexibility index (Phi) is 3.81. The van der Waals surface area contributed by atoms with Crippen LogP contribution in [0.2, 0.25) is 0 Å². The summed E-state index contributed by atoms with van der Waals surface area (Å²) in [4.78, 5) is 2.44. The summed E-state index contributed by atoms with van der Waals surface area (Å²) in [5.41, 5.74) is 11.8. The molecule has 2 unspecified atom stereocenters. The summed E-state index contributed by atoms with van der Waals surface area (Å²) in [5, 5.41) is 4.36. The molecule has 0 radical (unpaired) electrons. The third-order valence-electron chi connectivity index (χ3n) is 4.36. The first kappa shape index (κ1) is 13.7. The van der Waals surface area contributed by atoms with Crippen LogP contribution in [-0.4, -0.2) is 19.1 Å². The maximum absolute atomic E-state index is 6.29. The number of nitrogens with two attached hydrogens (primary N) is 1. The summed E-state index contributed by atoms with van der Waals surface area (Å²) in [6, 6.07) is 9.30. The lowest BCUT2D eigenvalue weighted by molar-refractivity contribution is 0.454. The minimum Gasteiger partial charge on any atom is -0.369 e. The number of benzene rings is 1. The Bertz CT molecular complexity index is 577. The Balaban J connectivity index is 1.84. The zero-order valence-corrected chi connectivity index (χ0v) is 13.0. The number of hydrogen-bond acceptors (Lipinski definition) is 3. The number of nitrogens with zero attached hydrogens (tertiary/aromatic N) is 1. The van der Waals surface area contributed by atoms with Crippen molar-refractivity contribution in [3.63, 3.8) is 0 Å². The molecule has 2 N–H and O–H groups in total. The second kappa shape index (κ2) is 5.58. The highest BCUT2D eigenvalue weighted by Gasteiger charge is 2.26. The molecule has 2 nitrogen and oxygen atoms in total. The summed E-state index contributed by atoms with van der Waals surface area (Å²) in [5.74, 6) is 0.540. The average Bonchev–Trinajstić information content (AvgIpc) is 2.95. The topological polar surface area (TPSA) is 29.3 Å². The van der Waals surface area contributed by atoms with Crippen molar-refractivity contribution in [2.45, 2.75) is 32.2 Å². The maximum Gasteiger partial charge on any atom is 0.0475 e. The molecule has 0 spiro atoms. The van der Waals surface area contributed by atoms with Crippen LogP contribution in [0.25, 0.3) is 0 Å². The molecule has 3 heteroatoms. The molecule has 0 aliphatic carbocycles. The molecule has 0 amide bonds. The lowest BCUT2D eigenvalue weighted by Crippen LogP contribution is -2.46. The largest absolute Gasteiger partial charge is 0.369 e. The zero-order chi connectivity index (χ0) is 14.1. The number of piperidine rings is 1. The minimum absolute atomic E-state index is 0.259. The summed E-state index contributed by atoms with van der Waals surface area (Å²) < 4.78 is 0. The average molecular weight is 286 g/mol. The van der Waals surface area contributed by atoms with E-state index in [9.17, 15) is 0 Å². The smallest absolute Gasteiger partial charge is 0.0475 e. The lowest BCUT2D eigenvalue weighted by atomic mass is 9.87. The number of aryl methyl sites for hydroxylation is 2. The molecule has 20 heavy (non-hydrogen) atoms. The van der Waals surface area contributed by atoms with Gasteiger partial charge in [0.25, 0.3) is 0 Å². The van der Waals surface area contributed by atoms with Gasteiger partial charge in [0, 0.05) is 36.1 Å². The first-order chi connectivity index (χ1) is 9.63. The molecule has 1 fully saturated rings. The van der Waals surface area contributed by atoms with Gasteiger partial charge in [-0.3, -0.25) is 0 Å². The van der Waals surface area contributed by atoms with Crippen molar-refractivity contribution in [3.8, 4) is 0 Å². The van der Waals surface area contributed by atoms with Gasteiger partial charge in [-0.25, -0.2) is 0 Å². The van der Waals surface area contributed by atoms with Gasteiger partial charge < -0.3 is 10.6 Å². The summed E-state index contributed by atoms with van der Waals surface area (Å²) in [7, 11) is 0. The molecule has 1 aliphatic heterocycles. The molecule has 1 aliphatic rings. The Morgan fingerprint density at radius 3 is 2.70 bits per heavy atom. The predicted molar refractivity (Wildman–Crippen MR) is 87.8 cm³/mol. The SMILES string of the molecule is Cc1ccc(C2CC(N)CN(c3ccsc3)C2)cc1C. The van der Waals surface area contributed by atoms with Crippen LogP contribution in [-0.2, 0) is 0 Å². The van der Waals surface area contributed by atoms with Gasteiger partial charge in [0.1, 0.15) is 0 Å². The first-order valence-corrected chi connectivity index (χ1v) is 8.17. The molecule has 1 aromatic carbocycles. The van der Waals surface area contributed by atoms with Crippen molar-refractivity contribution >= 4 is 17.0 Å². The fourth-order valence-corrected chi connectivity index (χ4v) is 3.71. The van der Waals surface area contributed by atoms with Crippen molar-refractivity contribution in [2.75, 3.05) is 18.0 Å². The number of anilines is 1. The standard InChI is InChI=1S/C17H22N2S/c1-12-3-4-14(7-13(12)2)15-8-16(18)10-19(9-15)17-5-6-20-11-17/h3-7,11,15-16H,8-10,18H2,1-2H3. The molecular formula is C17H22N2S. The van der Waals surface area contributed by atoms with E-state index in [0.29, 0.717) is 5.92 Å². The van der Waals surface area contributed by atoms with E-state index in [2.05, 4.69) is 53.8 Å². The Hall–Kier alpha value is -1.32. The van der Waals surface area contributed by atoms with Gasteiger partial charge in [-0.15, -0.1) is 0 Å². The van der Waals surface area contributed by atoms with Crippen LogP contribution in [0.1, 0.15) is 29.0 Å². The van der Waals surface area contributed by atoms with E-state index in [-0.39, 0.29) is 6.04 Å². The molecular weight excluding hydrogens is 264 g/mol. The van der Waals surface area contributed by atoms with Crippen LogP contribution >= 0.6 is 11.3 Å². The zero-order valence-electron chi connectivity index (χ0n) is 12.2. The minimum atomic E-state index is 0.259. The quantitative estimate of drug-likeness (QED) is 0.912. The summed E-state index contributed by atoms with van der Waals surface area (Å²) >= 11 is 1.75. The Morgan fingerprint density at radius 1 is 1.15 bits per heavy atom. The van der Waals surface area contributed by atoms with Gasteiger partial charge in [-0.05, 0) is 48.4 Å². The van der Waals surface area contributed by atoms with Gasteiger partial charge in [-0.1, -0.05) is 18.2 Å². The molecule has 1 aromatic heterocycles. The van der Waals surface area contributed by atoms with Gasteiger partial charge in [0.15, 0.2) is 0 Å². The molecule has 2 aromatic rings. The molecule has 106 valence electrons. The van der Waals surface area contributed by atoms with E-state index in [0.717, 1.165) is 19.5 Å². The predicted octanol–water partition coefficient (Wildman–Crippen LogP) is 3.69. The summed E-state index contributed by atoms with van der Waals surface area (Å²) in [6.07, 6.45) is 1.09. The van der Waals surface area contributed by atoms with E-state index >= 15 is 0 Å². The number of thiophene rings is 1. The van der Waals surface area contributed by atoms with Crippen LogP contribution < -0.4 is 10.6 Å². The van der Waals surface area contributed by atoms with Crippen LogP contribution in [0, 0.1) is 13.8 Å². The highest BCUT2D eigenvalue weighted by atomic mass is 32.1. The van der Waals surface area contributed by atoms with E-state index in [1.807, 2.05) is 0 Å². The first-order valence-electron chi connectivity index (χ1n) is 7.23. The Labute approximate surface area is 125 Å². The third kappa shape index (κ3) is 2.74. The third-order valence-corrected chi connectivity index (χ3v) is 5.03. The van der Waals surface area contributed by atoms with Crippen LogP contribution in [0.3, 0.4) is 0 Å². The second-order valence-corrected chi connectivity index (χ2v) is 6.70. The molecule has 3 rings (SSSR count). The van der Waals surface area contributed by atoms with E-state index < -0.39 is 0 Å². The van der Waals surface area contributed by atoms with Crippen molar-refractivity contribution in [1.82, 2.24) is 0 Å². The van der Waals surface area contributed by atoms with Crippen molar-refractivity contribution in [1.29, 1.82) is 0 Å².